The molecule has 17 nitrogen and oxygen atoms in total. The van der Waals surface area contributed by atoms with Crippen molar-refractivity contribution >= 4 is 64.4 Å². The Morgan fingerprint density at radius 3 is 1.56 bits per heavy atom. The molecule has 0 saturated carbocycles. The highest BCUT2D eigenvalue weighted by molar-refractivity contribution is 6.22. The van der Waals surface area contributed by atoms with E-state index in [1.54, 1.807) is 42.5 Å². The van der Waals surface area contributed by atoms with E-state index in [0.29, 0.717) is 52.1 Å². The van der Waals surface area contributed by atoms with Crippen molar-refractivity contribution in [2.75, 3.05) is 55.2 Å². The number of rotatable bonds is 18. The van der Waals surface area contributed by atoms with Gasteiger partial charge in [0, 0.05) is 62.4 Å². The summed E-state index contributed by atoms with van der Waals surface area (Å²) in [5.41, 5.74) is 4.77. The molecule has 0 radical (unpaired) electrons. The molecule has 0 amide bonds. The van der Waals surface area contributed by atoms with E-state index in [0.717, 1.165) is 65.0 Å². The normalized spacial score (nSPS) is 15.6. The molecule has 316 valence electrons. The summed E-state index contributed by atoms with van der Waals surface area (Å²) in [7, 11) is 0. The van der Waals surface area contributed by atoms with Crippen molar-refractivity contribution < 1.29 is 39.3 Å². The van der Waals surface area contributed by atoms with Crippen LogP contribution >= 0.6 is 0 Å². The van der Waals surface area contributed by atoms with E-state index >= 15 is 0 Å². The van der Waals surface area contributed by atoms with Crippen molar-refractivity contribution in [3.05, 3.63) is 112 Å². The molecule has 3 aromatic carbocycles. The number of anilines is 6. The third-order valence-electron chi connectivity index (χ3n) is 10.5. The fraction of sp³-hybridized carbons (Fsp3) is 0.318. The first-order chi connectivity index (χ1) is 29.4. The standard InChI is InChI=1S/C32H34N6O6.C12H13N3O2/c1-3-5-6-19(4-2)17-22-18-25(15-16-26(22)29(43)44)35-32-37-30(33-23-11-7-20(8-12-23)27(39)40)36-31(38-32)34-24-13-9-21(10-14-24)28(41)42;16-9-7-8(13-1-2-13)12(17)11(15-5-6-15)10(9)14-3-4-14/h7-16,18-19H,3-6,17H2,1-2H3,(H,39,40)(H,41,42)(H,43,44)(H3,33,34,35,36,37,38);7H,1-6H2. The quantitative estimate of drug-likeness (QED) is 0.0489. The summed E-state index contributed by atoms with van der Waals surface area (Å²) in [5.74, 6) is -2.25. The Balaban J connectivity index is 0.000000270. The zero-order valence-corrected chi connectivity index (χ0v) is 33.8. The number of aromatic nitrogens is 3. The van der Waals surface area contributed by atoms with Crippen LogP contribution in [0.5, 0.6) is 0 Å². The van der Waals surface area contributed by atoms with Gasteiger partial charge in [0.2, 0.25) is 29.4 Å². The zero-order valence-electron chi connectivity index (χ0n) is 33.8. The maximum Gasteiger partial charge on any atom is 0.335 e. The maximum absolute atomic E-state index is 12.4. The van der Waals surface area contributed by atoms with Gasteiger partial charge < -0.3 is 46.0 Å². The number of carbonyl (C=O) groups excluding carboxylic acids is 2. The number of hydrogen-bond donors (Lipinski definition) is 6. The molecule has 1 atom stereocenters. The first-order valence-electron chi connectivity index (χ1n) is 20.3. The fourth-order valence-electron chi connectivity index (χ4n) is 6.90. The molecule has 6 N–H and O–H groups in total. The van der Waals surface area contributed by atoms with Gasteiger partial charge in [-0.15, -0.1) is 0 Å². The summed E-state index contributed by atoms with van der Waals surface area (Å²) in [4.78, 5) is 78.3. The lowest BCUT2D eigenvalue weighted by Gasteiger charge is -2.21. The van der Waals surface area contributed by atoms with Gasteiger partial charge in [0.05, 0.1) is 22.4 Å². The smallest absolute Gasteiger partial charge is 0.335 e. The highest BCUT2D eigenvalue weighted by Gasteiger charge is 2.43. The Morgan fingerprint density at radius 1 is 0.639 bits per heavy atom. The molecule has 61 heavy (non-hydrogen) atoms. The van der Waals surface area contributed by atoms with Crippen LogP contribution in [0.3, 0.4) is 0 Å². The molecule has 3 aliphatic heterocycles. The summed E-state index contributed by atoms with van der Waals surface area (Å²) in [6, 6.07) is 17.1. The molecular weight excluding hydrogens is 783 g/mol. The number of benzene rings is 3. The number of nitrogens with zero attached hydrogens (tertiary/aromatic N) is 6. The number of allylic oxidation sites excluding steroid dienone is 1. The van der Waals surface area contributed by atoms with Gasteiger partial charge >= 0.3 is 17.9 Å². The average Bonchev–Trinajstić information content (AvgIpc) is 4.07. The monoisotopic (exact) mass is 829 g/mol. The lowest BCUT2D eigenvalue weighted by Crippen LogP contribution is -2.29. The van der Waals surface area contributed by atoms with Gasteiger partial charge in [-0.25, -0.2) is 14.4 Å². The molecular formula is C44H47N9O8. The van der Waals surface area contributed by atoms with Crippen LogP contribution in [-0.4, -0.2) is 114 Å². The predicted octanol–water partition coefficient (Wildman–Crippen LogP) is 6.14. The minimum atomic E-state index is -1.05. The number of carboxylic acids is 3. The summed E-state index contributed by atoms with van der Waals surface area (Å²) in [6.07, 6.45) is 6.26. The van der Waals surface area contributed by atoms with Crippen LogP contribution < -0.4 is 16.0 Å². The Bertz CT molecular complexity index is 2330. The summed E-state index contributed by atoms with van der Waals surface area (Å²) in [6.45, 7) is 9.65. The van der Waals surface area contributed by atoms with Gasteiger partial charge in [0.25, 0.3) is 0 Å². The summed E-state index contributed by atoms with van der Waals surface area (Å²) >= 11 is 0. The summed E-state index contributed by atoms with van der Waals surface area (Å²) in [5, 5.41) is 37.5. The number of nitrogens with one attached hydrogen (secondary N) is 3. The molecule has 1 aliphatic carbocycles. The predicted molar refractivity (Wildman–Crippen MR) is 227 cm³/mol. The Morgan fingerprint density at radius 2 is 1.11 bits per heavy atom. The fourth-order valence-corrected chi connectivity index (χ4v) is 6.90. The van der Waals surface area contributed by atoms with Crippen molar-refractivity contribution in [1.82, 2.24) is 29.7 Å². The van der Waals surface area contributed by atoms with Crippen LogP contribution in [0.15, 0.2) is 89.9 Å². The zero-order chi connectivity index (χ0) is 43.2. The highest BCUT2D eigenvalue weighted by Crippen LogP contribution is 2.34. The number of carbonyl (C=O) groups is 5. The van der Waals surface area contributed by atoms with Crippen molar-refractivity contribution in [3.63, 3.8) is 0 Å². The van der Waals surface area contributed by atoms with Gasteiger partial charge in [-0.3, -0.25) is 9.59 Å². The number of ketones is 2. The molecule has 1 aromatic heterocycles. The Kier molecular flexibility index (Phi) is 12.6. The number of unbranched alkanes of at least 4 members (excludes halogenated alkanes) is 1. The summed E-state index contributed by atoms with van der Waals surface area (Å²) < 4.78 is 0. The van der Waals surface area contributed by atoms with Crippen LogP contribution in [-0.2, 0) is 16.0 Å². The van der Waals surface area contributed by atoms with Gasteiger partial charge in [0.1, 0.15) is 11.4 Å². The number of carboxylic acid groups (broad SMARTS) is 3. The highest BCUT2D eigenvalue weighted by atomic mass is 16.4. The van der Waals surface area contributed by atoms with Crippen LogP contribution in [0.1, 0.15) is 76.2 Å². The first kappa shape index (κ1) is 41.8. The second kappa shape index (κ2) is 18.3. The molecule has 17 heteroatoms. The van der Waals surface area contributed by atoms with E-state index in [-0.39, 0.29) is 46.1 Å². The SMILES string of the molecule is CCCCC(CC)Cc1cc(Nc2nc(Nc3ccc(C(=O)O)cc3)nc(Nc3ccc(C(=O)O)cc3)n2)ccc1C(=O)O.O=C1C=C(N2CC2)C(=O)C(N2CC2)=C1N1CC1. The molecule has 4 aliphatic rings. The molecule has 3 saturated heterocycles. The molecule has 4 aromatic rings. The van der Waals surface area contributed by atoms with Crippen molar-refractivity contribution in [1.29, 1.82) is 0 Å². The topological polar surface area (TPSA) is 230 Å². The van der Waals surface area contributed by atoms with E-state index in [9.17, 15) is 39.3 Å². The second-order valence-corrected chi connectivity index (χ2v) is 15.1. The number of aromatic carboxylic acids is 3. The maximum atomic E-state index is 12.4. The second-order valence-electron chi connectivity index (χ2n) is 15.1. The minimum Gasteiger partial charge on any atom is -0.478 e. The molecule has 4 heterocycles. The van der Waals surface area contributed by atoms with E-state index in [1.807, 2.05) is 14.7 Å². The molecule has 0 spiro atoms. The number of hydrogen-bond acceptors (Lipinski definition) is 14. The van der Waals surface area contributed by atoms with Crippen LogP contribution in [0, 0.1) is 5.92 Å². The largest absolute Gasteiger partial charge is 0.478 e. The van der Waals surface area contributed by atoms with E-state index in [2.05, 4.69) is 44.7 Å². The van der Waals surface area contributed by atoms with Crippen molar-refractivity contribution in [2.24, 2.45) is 5.92 Å². The first-order valence-corrected chi connectivity index (χ1v) is 20.3. The van der Waals surface area contributed by atoms with Crippen LogP contribution in [0.4, 0.5) is 34.9 Å². The third-order valence-corrected chi connectivity index (χ3v) is 10.5. The average molecular weight is 830 g/mol. The van der Waals surface area contributed by atoms with E-state index in [1.165, 1.54) is 30.3 Å². The number of Topliss-reactive ketones (excluding diaryl/α,β-unsaturated/α-hetero) is 1. The molecule has 3 fully saturated rings. The van der Waals surface area contributed by atoms with Gasteiger partial charge in [0.15, 0.2) is 0 Å². The van der Waals surface area contributed by atoms with Crippen molar-refractivity contribution in [2.45, 2.75) is 46.0 Å². The van der Waals surface area contributed by atoms with Gasteiger partial charge in [-0.1, -0.05) is 39.5 Å². The van der Waals surface area contributed by atoms with Crippen LogP contribution in [0.25, 0.3) is 0 Å². The molecule has 0 bridgehead atoms. The van der Waals surface area contributed by atoms with Crippen LogP contribution in [0.2, 0.25) is 0 Å². The minimum absolute atomic E-state index is 0.00546. The van der Waals surface area contributed by atoms with E-state index < -0.39 is 17.9 Å². The Labute approximate surface area is 351 Å². The van der Waals surface area contributed by atoms with E-state index in [4.69, 9.17) is 0 Å². The lowest BCUT2D eigenvalue weighted by atomic mass is 9.89. The molecule has 1 unspecified atom stereocenters. The van der Waals surface area contributed by atoms with Gasteiger partial charge in [-0.05, 0) is 84.6 Å². The third kappa shape index (κ3) is 10.7. The molecule has 8 rings (SSSR count). The lowest BCUT2D eigenvalue weighted by molar-refractivity contribution is -0.117. The van der Waals surface area contributed by atoms with Crippen molar-refractivity contribution in [3.8, 4) is 0 Å². The Hall–Kier alpha value is -7.30. The van der Waals surface area contributed by atoms with Gasteiger partial charge in [-0.2, -0.15) is 15.0 Å².